The molecule has 3 rings (SSSR count). The van der Waals surface area contributed by atoms with Crippen molar-refractivity contribution in [3.05, 3.63) is 29.2 Å². The fourth-order valence-electron chi connectivity index (χ4n) is 2.35. The Bertz CT molecular complexity index is 519. The molecule has 0 radical (unpaired) electrons. The van der Waals surface area contributed by atoms with Crippen LogP contribution in [0.25, 0.3) is 6.08 Å². The van der Waals surface area contributed by atoms with Crippen molar-refractivity contribution in [2.75, 3.05) is 18.0 Å². The van der Waals surface area contributed by atoms with Crippen molar-refractivity contribution in [1.82, 2.24) is 15.5 Å². The average molecular weight is 243 g/mol. The van der Waals surface area contributed by atoms with E-state index in [2.05, 4.69) is 27.0 Å². The summed E-state index contributed by atoms with van der Waals surface area (Å²) in [4.78, 5) is 2.26. The zero-order valence-corrected chi connectivity index (χ0v) is 10.3. The van der Waals surface area contributed by atoms with Crippen molar-refractivity contribution >= 4 is 18.1 Å². The first-order chi connectivity index (χ1) is 8.79. The number of nitrogens with one attached hydrogen (secondary N) is 3. The van der Waals surface area contributed by atoms with E-state index in [0.29, 0.717) is 0 Å². The van der Waals surface area contributed by atoms with Crippen LogP contribution in [0.3, 0.4) is 0 Å². The van der Waals surface area contributed by atoms with Crippen LogP contribution in [0.15, 0.2) is 18.0 Å². The van der Waals surface area contributed by atoms with E-state index in [9.17, 15) is 0 Å². The molecule has 2 aliphatic heterocycles. The largest absolute Gasteiger partial charge is 0.355 e. The molecule has 2 aliphatic rings. The Morgan fingerprint density at radius 1 is 1.28 bits per heavy atom. The molecule has 2 fully saturated rings. The van der Waals surface area contributed by atoms with Crippen molar-refractivity contribution in [1.29, 1.82) is 5.41 Å². The molecule has 18 heavy (non-hydrogen) atoms. The van der Waals surface area contributed by atoms with Crippen LogP contribution in [0.5, 0.6) is 0 Å². The summed E-state index contributed by atoms with van der Waals surface area (Å²) < 4.78 is 0. The molecule has 0 unspecified atom stereocenters. The molecule has 0 amide bonds. The van der Waals surface area contributed by atoms with Gasteiger partial charge in [0, 0.05) is 19.3 Å². The first kappa shape index (κ1) is 11.1. The summed E-state index contributed by atoms with van der Waals surface area (Å²) in [5, 5.41) is 18.0. The molecule has 0 aliphatic carbocycles. The molecule has 0 bridgehead atoms. The third-order valence-corrected chi connectivity index (χ3v) is 3.45. The molecule has 94 valence electrons. The Morgan fingerprint density at radius 3 is 2.61 bits per heavy atom. The molecule has 0 aromatic carbocycles. The summed E-state index contributed by atoms with van der Waals surface area (Å²) in [5.41, 5.74) is 3.71. The minimum absolute atomic E-state index is 0.867. The minimum atomic E-state index is 0.867. The lowest BCUT2D eigenvalue weighted by molar-refractivity contribution is 0.573. The van der Waals surface area contributed by atoms with Gasteiger partial charge in [-0.3, -0.25) is 5.10 Å². The molecule has 0 spiro atoms. The van der Waals surface area contributed by atoms with Crippen molar-refractivity contribution < 1.29 is 0 Å². The van der Waals surface area contributed by atoms with Gasteiger partial charge in [-0.15, -0.1) is 0 Å². The van der Waals surface area contributed by atoms with Crippen molar-refractivity contribution in [3.8, 4) is 0 Å². The van der Waals surface area contributed by atoms with Crippen LogP contribution < -0.4 is 10.2 Å². The fourth-order valence-corrected chi connectivity index (χ4v) is 2.35. The van der Waals surface area contributed by atoms with Gasteiger partial charge in [-0.05, 0) is 25.3 Å². The van der Waals surface area contributed by atoms with Gasteiger partial charge in [-0.25, -0.2) is 0 Å². The molecule has 3 N–H and O–H groups in total. The van der Waals surface area contributed by atoms with E-state index in [0.717, 1.165) is 41.6 Å². The highest BCUT2D eigenvalue weighted by atomic mass is 15.3. The molecule has 1 aromatic heterocycles. The van der Waals surface area contributed by atoms with Crippen LogP contribution in [0.1, 0.15) is 30.5 Å². The lowest BCUT2D eigenvalue weighted by atomic mass is 10.1. The van der Waals surface area contributed by atoms with Crippen LogP contribution >= 0.6 is 0 Å². The smallest absolute Gasteiger partial charge is 0.159 e. The molecule has 1 aromatic rings. The number of rotatable bonds is 3. The molecule has 5 heteroatoms. The fraction of sp³-hybridized carbons (Fsp3) is 0.385. The van der Waals surface area contributed by atoms with Crippen LogP contribution in [0, 0.1) is 5.41 Å². The van der Waals surface area contributed by atoms with Crippen LogP contribution in [-0.2, 0) is 0 Å². The van der Waals surface area contributed by atoms with Gasteiger partial charge < -0.3 is 15.6 Å². The standard InChI is InChI=1S/C13H17N5/c1-9-11(15-9)7-12-10(8-14)13(17-16-12)18-5-3-2-4-6-18/h7-8,14-15H,1-6H2,(H,16,17)/b11-7+,14-8?. The van der Waals surface area contributed by atoms with Gasteiger partial charge in [0.15, 0.2) is 5.82 Å². The maximum Gasteiger partial charge on any atom is 0.159 e. The minimum Gasteiger partial charge on any atom is -0.355 e. The van der Waals surface area contributed by atoms with Gasteiger partial charge in [0.2, 0.25) is 0 Å². The van der Waals surface area contributed by atoms with Gasteiger partial charge >= 0.3 is 0 Å². The van der Waals surface area contributed by atoms with Crippen molar-refractivity contribution in [2.45, 2.75) is 19.3 Å². The van der Waals surface area contributed by atoms with E-state index in [1.54, 1.807) is 0 Å². The van der Waals surface area contributed by atoms with E-state index in [1.165, 1.54) is 25.5 Å². The zero-order valence-electron chi connectivity index (χ0n) is 10.3. The number of anilines is 1. The Kier molecular flexibility index (Phi) is 2.66. The molecule has 0 atom stereocenters. The number of aromatic amines is 1. The molecular formula is C13H17N5. The SMILES string of the molecule is C=C1N/C1=C/c1[nH]nc(N2CCCCC2)c1C=N. The molecule has 3 heterocycles. The first-order valence-electron chi connectivity index (χ1n) is 6.31. The normalized spacial score (nSPS) is 21.0. The van der Waals surface area contributed by atoms with Gasteiger partial charge in [0.1, 0.15) is 0 Å². The van der Waals surface area contributed by atoms with E-state index in [4.69, 9.17) is 5.41 Å². The quantitative estimate of drug-likeness (QED) is 0.560. The predicted molar refractivity (Wildman–Crippen MR) is 72.8 cm³/mol. The topological polar surface area (TPSA) is 77.7 Å². The lowest BCUT2D eigenvalue weighted by Crippen LogP contribution is -2.30. The molecular weight excluding hydrogens is 226 g/mol. The van der Waals surface area contributed by atoms with Gasteiger partial charge in [0.25, 0.3) is 0 Å². The summed E-state index contributed by atoms with van der Waals surface area (Å²) in [6.45, 7) is 5.88. The van der Waals surface area contributed by atoms with Crippen molar-refractivity contribution in [2.24, 2.45) is 0 Å². The Morgan fingerprint density at radius 2 is 2.00 bits per heavy atom. The Labute approximate surface area is 106 Å². The van der Waals surface area contributed by atoms with E-state index < -0.39 is 0 Å². The number of piperidine rings is 1. The number of nitrogens with zero attached hydrogens (tertiary/aromatic N) is 2. The second-order valence-electron chi connectivity index (χ2n) is 4.73. The average Bonchev–Trinajstić information content (AvgIpc) is 2.94. The number of hydrogen-bond acceptors (Lipinski definition) is 4. The highest BCUT2D eigenvalue weighted by Crippen LogP contribution is 2.27. The van der Waals surface area contributed by atoms with E-state index >= 15 is 0 Å². The molecule has 5 nitrogen and oxygen atoms in total. The summed E-state index contributed by atoms with van der Waals surface area (Å²) in [7, 11) is 0. The van der Waals surface area contributed by atoms with E-state index in [1.807, 2.05) is 6.08 Å². The monoisotopic (exact) mass is 243 g/mol. The number of H-pyrrole nitrogens is 1. The molecule has 0 saturated carbocycles. The first-order valence-corrected chi connectivity index (χ1v) is 6.31. The maximum atomic E-state index is 7.59. The van der Waals surface area contributed by atoms with Gasteiger partial charge in [0.05, 0.1) is 22.7 Å². The zero-order chi connectivity index (χ0) is 12.5. The van der Waals surface area contributed by atoms with Crippen LogP contribution in [-0.4, -0.2) is 29.5 Å². The van der Waals surface area contributed by atoms with Crippen LogP contribution in [0.2, 0.25) is 0 Å². The third-order valence-electron chi connectivity index (χ3n) is 3.45. The summed E-state index contributed by atoms with van der Waals surface area (Å²) in [6, 6.07) is 0. The maximum absolute atomic E-state index is 7.59. The summed E-state index contributed by atoms with van der Waals surface area (Å²) >= 11 is 0. The van der Waals surface area contributed by atoms with E-state index in [-0.39, 0.29) is 0 Å². The number of aromatic nitrogens is 2. The van der Waals surface area contributed by atoms with Gasteiger partial charge in [-0.1, -0.05) is 6.58 Å². The highest BCUT2D eigenvalue weighted by Gasteiger charge is 2.21. The Balaban J connectivity index is 1.90. The van der Waals surface area contributed by atoms with Crippen molar-refractivity contribution in [3.63, 3.8) is 0 Å². The third kappa shape index (κ3) is 1.92. The lowest BCUT2D eigenvalue weighted by Gasteiger charge is -2.27. The molecule has 2 saturated heterocycles. The second-order valence-corrected chi connectivity index (χ2v) is 4.73. The second kappa shape index (κ2) is 4.33. The Hall–Kier alpha value is -2.04. The summed E-state index contributed by atoms with van der Waals surface area (Å²) in [6.07, 6.45) is 7.05. The number of hydrogen-bond donors (Lipinski definition) is 3. The van der Waals surface area contributed by atoms with Crippen LogP contribution in [0.4, 0.5) is 5.82 Å². The van der Waals surface area contributed by atoms with Gasteiger partial charge in [-0.2, -0.15) is 5.10 Å². The summed E-state index contributed by atoms with van der Waals surface area (Å²) in [5.74, 6) is 0.905. The predicted octanol–water partition coefficient (Wildman–Crippen LogP) is 1.86. The highest BCUT2D eigenvalue weighted by molar-refractivity contribution is 5.90.